The van der Waals surface area contributed by atoms with E-state index < -0.39 is 10.0 Å². The molecule has 112 valence electrons. The molecule has 0 radical (unpaired) electrons. The normalized spacial score (nSPS) is 26.0. The summed E-state index contributed by atoms with van der Waals surface area (Å²) in [7, 11) is -3.44. The lowest BCUT2D eigenvalue weighted by Gasteiger charge is -2.26. The van der Waals surface area contributed by atoms with E-state index in [1.807, 2.05) is 24.3 Å². The van der Waals surface area contributed by atoms with Crippen LogP contribution >= 0.6 is 22.9 Å². The Labute approximate surface area is 133 Å². The van der Waals surface area contributed by atoms with Gasteiger partial charge in [0.2, 0.25) is 10.0 Å². The Kier molecular flexibility index (Phi) is 3.30. The summed E-state index contributed by atoms with van der Waals surface area (Å²) in [4.78, 5) is 1.21. The molecule has 2 unspecified atom stereocenters. The topological polar surface area (TPSA) is 37.4 Å². The highest BCUT2D eigenvalue weighted by Gasteiger charge is 2.45. The summed E-state index contributed by atoms with van der Waals surface area (Å²) in [5, 5.41) is 0.820. The van der Waals surface area contributed by atoms with Crippen LogP contribution in [0.15, 0.2) is 29.2 Å². The van der Waals surface area contributed by atoms with Crippen molar-refractivity contribution in [3.63, 3.8) is 0 Å². The molecule has 2 fully saturated rings. The molecule has 0 amide bonds. The molecule has 1 aliphatic carbocycles. The number of sulfonamides is 1. The number of benzene rings is 1. The minimum atomic E-state index is -3.44. The van der Waals surface area contributed by atoms with Gasteiger partial charge in [0.1, 0.15) is 4.90 Å². The van der Waals surface area contributed by atoms with E-state index in [4.69, 9.17) is 11.6 Å². The van der Waals surface area contributed by atoms with Gasteiger partial charge in [-0.3, -0.25) is 0 Å². The highest BCUT2D eigenvalue weighted by molar-refractivity contribution is 7.89. The molecule has 4 rings (SSSR count). The molecular formula is C15H16ClNO2S2. The van der Waals surface area contributed by atoms with Crippen LogP contribution in [0.2, 0.25) is 0 Å². The summed E-state index contributed by atoms with van der Waals surface area (Å²) in [5.74, 6) is 0.796. The fourth-order valence-electron chi connectivity index (χ4n) is 3.73. The van der Waals surface area contributed by atoms with Gasteiger partial charge in [-0.15, -0.1) is 22.9 Å². The van der Waals surface area contributed by atoms with Crippen molar-refractivity contribution in [3.05, 3.63) is 29.1 Å². The lowest BCUT2D eigenvalue weighted by atomic mass is 10.1. The molecule has 2 bridgehead atoms. The maximum absolute atomic E-state index is 13.2. The molecular weight excluding hydrogens is 326 g/mol. The van der Waals surface area contributed by atoms with Gasteiger partial charge in [0, 0.05) is 27.5 Å². The predicted molar refractivity (Wildman–Crippen MR) is 86.4 cm³/mol. The summed E-state index contributed by atoms with van der Waals surface area (Å²) in [5.41, 5.74) is 0. The second-order valence-corrected chi connectivity index (χ2v) is 9.12. The zero-order chi connectivity index (χ0) is 14.6. The summed E-state index contributed by atoms with van der Waals surface area (Å²) in [6, 6.07) is 7.88. The molecule has 2 aromatic rings. The number of nitrogens with zero attached hydrogens (tertiary/aromatic N) is 1. The van der Waals surface area contributed by atoms with E-state index in [0.717, 1.165) is 27.8 Å². The fourth-order valence-corrected chi connectivity index (χ4v) is 7.61. The summed E-state index contributed by atoms with van der Waals surface area (Å²) < 4.78 is 29.0. The number of thiophene rings is 1. The van der Waals surface area contributed by atoms with Crippen molar-refractivity contribution in [2.45, 2.75) is 36.1 Å². The van der Waals surface area contributed by atoms with Crippen molar-refractivity contribution in [2.24, 2.45) is 5.92 Å². The predicted octanol–water partition coefficient (Wildman–Crippen LogP) is 3.81. The highest BCUT2D eigenvalue weighted by atomic mass is 35.5. The number of alkyl halides is 1. The molecule has 0 N–H and O–H groups in total. The van der Waals surface area contributed by atoms with E-state index in [1.54, 1.807) is 4.31 Å². The smallest absolute Gasteiger partial charge is 0.207 e. The van der Waals surface area contributed by atoms with Crippen LogP contribution < -0.4 is 0 Å². The first-order valence-corrected chi connectivity index (χ1v) is 9.98. The Morgan fingerprint density at radius 3 is 2.76 bits per heavy atom. The molecule has 2 aliphatic rings. The van der Waals surface area contributed by atoms with Gasteiger partial charge in [-0.2, -0.15) is 4.31 Å². The van der Waals surface area contributed by atoms with E-state index >= 15 is 0 Å². The molecule has 1 aromatic heterocycles. The van der Waals surface area contributed by atoms with E-state index in [9.17, 15) is 8.42 Å². The Bertz CT molecular complexity index is 799. The Morgan fingerprint density at radius 1 is 1.29 bits per heavy atom. The standard InChI is InChI=1S/C15H16ClNO2S2/c16-8-14-15(12-3-1-2-4-13(12)20-14)21(18,19)17-9-10-5-6-11(17)7-10/h1-4,10-11H,5-9H2. The maximum atomic E-state index is 13.2. The molecule has 1 saturated carbocycles. The van der Waals surface area contributed by atoms with E-state index in [2.05, 4.69) is 0 Å². The van der Waals surface area contributed by atoms with Crippen LogP contribution in [-0.4, -0.2) is 25.3 Å². The first kappa shape index (κ1) is 14.0. The lowest BCUT2D eigenvalue weighted by Crippen LogP contribution is -2.37. The molecule has 0 spiro atoms. The van der Waals surface area contributed by atoms with Crippen molar-refractivity contribution < 1.29 is 8.42 Å². The lowest BCUT2D eigenvalue weighted by molar-refractivity contribution is 0.334. The van der Waals surface area contributed by atoms with Crippen molar-refractivity contribution in [1.82, 2.24) is 4.31 Å². The van der Waals surface area contributed by atoms with E-state index in [0.29, 0.717) is 17.4 Å². The average Bonchev–Trinajstić information content (AvgIpc) is 3.19. The monoisotopic (exact) mass is 341 g/mol. The number of piperidine rings is 1. The number of fused-ring (bicyclic) bond motifs is 3. The summed E-state index contributed by atoms with van der Waals surface area (Å²) >= 11 is 7.51. The van der Waals surface area contributed by atoms with Crippen molar-refractivity contribution in [2.75, 3.05) is 6.54 Å². The molecule has 21 heavy (non-hydrogen) atoms. The highest BCUT2D eigenvalue weighted by Crippen LogP contribution is 2.44. The van der Waals surface area contributed by atoms with Gasteiger partial charge in [0.15, 0.2) is 0 Å². The van der Waals surface area contributed by atoms with Gasteiger partial charge in [-0.1, -0.05) is 18.2 Å². The van der Waals surface area contributed by atoms with Crippen LogP contribution in [-0.2, 0) is 15.9 Å². The van der Waals surface area contributed by atoms with Crippen LogP contribution in [0.25, 0.3) is 10.1 Å². The SMILES string of the molecule is O=S(=O)(c1c(CCl)sc2ccccc12)N1CC2CCC1C2. The second-order valence-electron chi connectivity index (χ2n) is 5.89. The number of rotatable bonds is 3. The van der Waals surface area contributed by atoms with Gasteiger partial charge in [-0.05, 0) is 31.2 Å². The number of hydrogen-bond donors (Lipinski definition) is 0. The number of halogens is 1. The van der Waals surface area contributed by atoms with Crippen molar-refractivity contribution in [1.29, 1.82) is 0 Å². The Hall–Kier alpha value is -0.620. The fraction of sp³-hybridized carbons (Fsp3) is 0.467. The molecule has 1 aromatic carbocycles. The third-order valence-corrected chi connectivity index (χ3v) is 8.44. The first-order valence-electron chi connectivity index (χ1n) is 7.19. The van der Waals surface area contributed by atoms with E-state index in [1.165, 1.54) is 17.8 Å². The average molecular weight is 342 g/mol. The van der Waals surface area contributed by atoms with Gasteiger partial charge in [-0.25, -0.2) is 8.42 Å². The largest absolute Gasteiger partial charge is 0.245 e. The third kappa shape index (κ3) is 2.05. The molecule has 3 nitrogen and oxygen atoms in total. The van der Waals surface area contributed by atoms with Crippen LogP contribution in [0.1, 0.15) is 24.1 Å². The summed E-state index contributed by atoms with van der Waals surface area (Å²) in [6.07, 6.45) is 3.20. The van der Waals surface area contributed by atoms with Crippen LogP contribution in [0, 0.1) is 5.92 Å². The molecule has 2 heterocycles. The zero-order valence-corrected chi connectivity index (χ0v) is 13.8. The first-order chi connectivity index (χ1) is 10.1. The van der Waals surface area contributed by atoms with Gasteiger partial charge >= 0.3 is 0 Å². The van der Waals surface area contributed by atoms with Gasteiger partial charge < -0.3 is 0 Å². The zero-order valence-electron chi connectivity index (χ0n) is 11.5. The Morgan fingerprint density at radius 2 is 2.10 bits per heavy atom. The van der Waals surface area contributed by atoms with Crippen LogP contribution in [0.4, 0.5) is 0 Å². The minimum absolute atomic E-state index is 0.196. The second kappa shape index (κ2) is 4.95. The van der Waals surface area contributed by atoms with E-state index in [-0.39, 0.29) is 11.9 Å². The molecule has 1 aliphatic heterocycles. The molecule has 6 heteroatoms. The van der Waals surface area contributed by atoms with Crippen LogP contribution in [0.5, 0.6) is 0 Å². The number of hydrogen-bond acceptors (Lipinski definition) is 3. The summed E-state index contributed by atoms with van der Waals surface area (Å²) in [6.45, 7) is 0.679. The maximum Gasteiger partial charge on any atom is 0.245 e. The van der Waals surface area contributed by atoms with Crippen molar-refractivity contribution >= 4 is 43.0 Å². The van der Waals surface area contributed by atoms with Gasteiger partial charge in [0.05, 0.1) is 5.88 Å². The van der Waals surface area contributed by atoms with Crippen LogP contribution in [0.3, 0.4) is 0 Å². The third-order valence-electron chi connectivity index (χ3n) is 4.67. The van der Waals surface area contributed by atoms with Gasteiger partial charge in [0.25, 0.3) is 0 Å². The van der Waals surface area contributed by atoms with Crippen molar-refractivity contribution in [3.8, 4) is 0 Å². The Balaban J connectivity index is 1.89. The minimum Gasteiger partial charge on any atom is -0.207 e. The quantitative estimate of drug-likeness (QED) is 0.796. The molecule has 1 saturated heterocycles. The molecule has 2 atom stereocenters.